The number of carbonyl (C=O) groups is 1. The van der Waals surface area contributed by atoms with Crippen LogP contribution in [0.1, 0.15) is 36.0 Å². The number of halogens is 3. The molecular formula is C27H27ClF2N6O3S. The minimum atomic E-state index is -3.68. The standard InChI is InChI=1S/C27H27ClF2N6O3S/c28-24-12-16(22-15-33-26-20(22)2-1-9-31-26)13-25(35-24)34-18-4-6-19(7-5-18)36-40(38,39)11-10-32-27(37)21-8-3-17(29)14-23(21)30/h1-3,8-9,12-15,18-19,36H,4-7,10-11H2,(H,31,33)(H,32,37)(H,34,35)/t18-,19-. The van der Waals surface area contributed by atoms with Gasteiger partial charge in [0.25, 0.3) is 5.91 Å². The van der Waals surface area contributed by atoms with Crippen molar-refractivity contribution >= 4 is 44.4 Å². The van der Waals surface area contributed by atoms with Crippen molar-refractivity contribution in [2.75, 3.05) is 17.6 Å². The Kier molecular flexibility index (Phi) is 8.29. The number of nitrogens with one attached hydrogen (secondary N) is 4. The Hall–Kier alpha value is -3.61. The Morgan fingerprint density at radius 3 is 2.62 bits per heavy atom. The van der Waals surface area contributed by atoms with E-state index in [0.29, 0.717) is 42.7 Å². The molecule has 40 heavy (non-hydrogen) atoms. The van der Waals surface area contributed by atoms with Gasteiger partial charge in [-0.15, -0.1) is 0 Å². The van der Waals surface area contributed by atoms with E-state index in [0.717, 1.165) is 34.3 Å². The summed E-state index contributed by atoms with van der Waals surface area (Å²) in [7, 11) is -3.68. The molecule has 1 amide bonds. The molecule has 5 rings (SSSR count). The summed E-state index contributed by atoms with van der Waals surface area (Å²) in [4.78, 5) is 24.0. The van der Waals surface area contributed by atoms with E-state index in [1.54, 1.807) is 12.3 Å². The Labute approximate surface area is 234 Å². The molecule has 0 saturated heterocycles. The lowest BCUT2D eigenvalue weighted by Crippen LogP contribution is -2.43. The molecule has 1 aromatic carbocycles. The van der Waals surface area contributed by atoms with Crippen molar-refractivity contribution < 1.29 is 22.0 Å². The molecule has 4 N–H and O–H groups in total. The number of amides is 1. The highest BCUT2D eigenvalue weighted by atomic mass is 35.5. The predicted molar refractivity (Wildman–Crippen MR) is 150 cm³/mol. The number of rotatable bonds is 9. The molecule has 9 nitrogen and oxygen atoms in total. The van der Waals surface area contributed by atoms with Gasteiger partial charge in [-0.25, -0.2) is 31.9 Å². The fourth-order valence-corrected chi connectivity index (χ4v) is 6.31. The third kappa shape index (κ3) is 6.75. The molecule has 3 aromatic heterocycles. The van der Waals surface area contributed by atoms with E-state index in [1.165, 1.54) is 0 Å². The molecule has 0 bridgehead atoms. The van der Waals surface area contributed by atoms with Gasteiger partial charge in [0.2, 0.25) is 10.0 Å². The molecule has 13 heteroatoms. The molecule has 1 fully saturated rings. The summed E-state index contributed by atoms with van der Waals surface area (Å²) in [5.41, 5.74) is 2.30. The molecule has 1 aliphatic rings. The van der Waals surface area contributed by atoms with Gasteiger partial charge in [0, 0.05) is 48.0 Å². The number of aromatic nitrogens is 3. The minimum Gasteiger partial charge on any atom is -0.367 e. The summed E-state index contributed by atoms with van der Waals surface area (Å²) >= 11 is 6.33. The van der Waals surface area contributed by atoms with Crippen LogP contribution in [0.15, 0.2) is 54.9 Å². The highest BCUT2D eigenvalue weighted by molar-refractivity contribution is 7.89. The van der Waals surface area contributed by atoms with Gasteiger partial charge in [-0.05, 0) is 67.6 Å². The quantitative estimate of drug-likeness (QED) is 0.211. The predicted octanol–water partition coefficient (Wildman–Crippen LogP) is 4.63. The Morgan fingerprint density at radius 1 is 1.07 bits per heavy atom. The maximum Gasteiger partial charge on any atom is 0.254 e. The van der Waals surface area contributed by atoms with Gasteiger partial charge in [-0.3, -0.25) is 4.79 Å². The zero-order chi connectivity index (χ0) is 28.3. The topological polar surface area (TPSA) is 129 Å². The largest absolute Gasteiger partial charge is 0.367 e. The SMILES string of the molecule is O=C(NCCS(=O)(=O)N[C@H]1CC[C@H](Nc2cc(-c3c[nH]c4ncccc34)cc(Cl)n2)CC1)c1ccc(F)cc1F. The summed E-state index contributed by atoms with van der Waals surface area (Å²) in [6.45, 7) is -0.211. The van der Waals surface area contributed by atoms with Crippen molar-refractivity contribution in [3.05, 3.63) is 77.2 Å². The van der Waals surface area contributed by atoms with Crippen LogP contribution in [0.5, 0.6) is 0 Å². The van der Waals surface area contributed by atoms with Crippen LogP contribution in [0.25, 0.3) is 22.2 Å². The smallest absolute Gasteiger partial charge is 0.254 e. The molecule has 4 aromatic rings. The molecule has 0 radical (unpaired) electrons. The normalized spacial score (nSPS) is 17.6. The van der Waals surface area contributed by atoms with E-state index in [4.69, 9.17) is 11.6 Å². The van der Waals surface area contributed by atoms with E-state index in [9.17, 15) is 22.0 Å². The van der Waals surface area contributed by atoms with Gasteiger partial charge in [-0.2, -0.15) is 0 Å². The first-order valence-electron chi connectivity index (χ1n) is 12.8. The van der Waals surface area contributed by atoms with Crippen molar-refractivity contribution in [3.8, 4) is 11.1 Å². The van der Waals surface area contributed by atoms with Crippen LogP contribution in [0.4, 0.5) is 14.6 Å². The summed E-state index contributed by atoms with van der Waals surface area (Å²) in [5, 5.41) is 7.12. The molecule has 0 unspecified atom stereocenters. The highest BCUT2D eigenvalue weighted by Crippen LogP contribution is 2.31. The van der Waals surface area contributed by atoms with E-state index in [2.05, 4.69) is 30.3 Å². The van der Waals surface area contributed by atoms with E-state index in [-0.39, 0.29) is 29.9 Å². The van der Waals surface area contributed by atoms with Gasteiger partial charge in [0.1, 0.15) is 28.3 Å². The van der Waals surface area contributed by atoms with E-state index >= 15 is 0 Å². The summed E-state index contributed by atoms with van der Waals surface area (Å²) < 4.78 is 54.6. The molecule has 3 heterocycles. The van der Waals surface area contributed by atoms with Crippen molar-refractivity contribution in [3.63, 3.8) is 0 Å². The lowest BCUT2D eigenvalue weighted by molar-refractivity contribution is 0.0952. The van der Waals surface area contributed by atoms with E-state index in [1.807, 2.05) is 24.4 Å². The van der Waals surface area contributed by atoms with Crippen LogP contribution < -0.4 is 15.4 Å². The number of H-pyrrole nitrogens is 1. The molecular weight excluding hydrogens is 562 g/mol. The number of hydrogen-bond acceptors (Lipinski definition) is 6. The second kappa shape index (κ2) is 11.9. The third-order valence-corrected chi connectivity index (χ3v) is 8.44. The van der Waals surface area contributed by atoms with Crippen LogP contribution in [0.2, 0.25) is 5.15 Å². The number of carbonyl (C=O) groups excluding carboxylic acids is 1. The third-order valence-electron chi connectivity index (χ3n) is 6.81. The van der Waals surface area contributed by atoms with Crippen LogP contribution in [-0.2, 0) is 10.0 Å². The number of anilines is 1. The highest BCUT2D eigenvalue weighted by Gasteiger charge is 2.25. The van der Waals surface area contributed by atoms with Crippen LogP contribution in [0, 0.1) is 11.6 Å². The van der Waals surface area contributed by atoms with Crippen LogP contribution in [0.3, 0.4) is 0 Å². The zero-order valence-corrected chi connectivity index (χ0v) is 22.8. The zero-order valence-electron chi connectivity index (χ0n) is 21.3. The molecule has 210 valence electrons. The number of aromatic amines is 1. The van der Waals surface area contributed by atoms with Gasteiger partial charge < -0.3 is 15.6 Å². The van der Waals surface area contributed by atoms with Gasteiger partial charge in [0.15, 0.2) is 0 Å². The van der Waals surface area contributed by atoms with E-state index < -0.39 is 27.6 Å². The summed E-state index contributed by atoms with van der Waals surface area (Å²) in [5.74, 6) is -2.35. The first-order chi connectivity index (χ1) is 19.2. The van der Waals surface area contributed by atoms with Crippen molar-refractivity contribution in [2.45, 2.75) is 37.8 Å². The van der Waals surface area contributed by atoms with Crippen molar-refractivity contribution in [2.24, 2.45) is 0 Å². The number of fused-ring (bicyclic) bond motifs is 1. The molecule has 0 atom stereocenters. The average molecular weight is 589 g/mol. The Balaban J connectivity index is 1.11. The number of nitrogens with zero attached hydrogens (tertiary/aromatic N) is 2. The maximum atomic E-state index is 13.7. The Bertz CT molecular complexity index is 1640. The molecule has 0 aliphatic heterocycles. The van der Waals surface area contributed by atoms with Crippen LogP contribution >= 0.6 is 11.6 Å². The van der Waals surface area contributed by atoms with Crippen molar-refractivity contribution in [1.29, 1.82) is 0 Å². The van der Waals surface area contributed by atoms with Gasteiger partial charge in [-0.1, -0.05) is 11.6 Å². The molecule has 1 aliphatic carbocycles. The number of sulfonamides is 1. The second-order valence-electron chi connectivity index (χ2n) is 9.68. The van der Waals surface area contributed by atoms with Gasteiger partial charge in [0.05, 0.1) is 11.3 Å². The lowest BCUT2D eigenvalue weighted by atomic mass is 9.92. The minimum absolute atomic E-state index is 0.0918. The lowest BCUT2D eigenvalue weighted by Gasteiger charge is -2.30. The first-order valence-corrected chi connectivity index (χ1v) is 14.8. The van der Waals surface area contributed by atoms with Crippen molar-refractivity contribution in [1.82, 2.24) is 25.0 Å². The maximum absolute atomic E-state index is 13.7. The number of pyridine rings is 2. The summed E-state index contributed by atoms with van der Waals surface area (Å²) in [6, 6.07) is 10.0. The Morgan fingerprint density at radius 2 is 1.85 bits per heavy atom. The van der Waals surface area contributed by atoms with Crippen LogP contribution in [-0.4, -0.2) is 53.7 Å². The second-order valence-corrected chi connectivity index (χ2v) is 11.9. The fraction of sp³-hybridized carbons (Fsp3) is 0.296. The monoisotopic (exact) mass is 588 g/mol. The molecule has 1 saturated carbocycles. The first kappa shape index (κ1) is 27.9. The molecule has 0 spiro atoms. The number of benzene rings is 1. The van der Waals surface area contributed by atoms with Gasteiger partial charge >= 0.3 is 0 Å². The summed E-state index contributed by atoms with van der Waals surface area (Å²) in [6.07, 6.45) is 6.28. The average Bonchev–Trinajstić information content (AvgIpc) is 3.33. The fourth-order valence-electron chi connectivity index (χ4n) is 4.87. The number of hydrogen-bond donors (Lipinski definition) is 4.